The van der Waals surface area contributed by atoms with E-state index in [-0.39, 0.29) is 10.6 Å². The van der Waals surface area contributed by atoms with Crippen LogP contribution in [0.3, 0.4) is 0 Å². The molecule has 3 rings (SSSR count). The SMILES string of the molecule is O=C(Nc1nnc(C2CCCCC2)s1)c1c(F)cccc1Cl. The minimum Gasteiger partial charge on any atom is -0.296 e. The van der Waals surface area contributed by atoms with Crippen LogP contribution in [-0.2, 0) is 0 Å². The molecule has 1 aliphatic rings. The lowest BCUT2D eigenvalue weighted by atomic mass is 9.90. The fourth-order valence-electron chi connectivity index (χ4n) is 2.67. The topological polar surface area (TPSA) is 54.9 Å². The molecule has 1 saturated carbocycles. The Kier molecular flexibility index (Phi) is 4.69. The molecule has 0 aliphatic heterocycles. The Bertz CT molecular complexity index is 665. The van der Waals surface area contributed by atoms with E-state index in [2.05, 4.69) is 15.5 Å². The Labute approximate surface area is 136 Å². The number of nitrogens with one attached hydrogen (secondary N) is 1. The molecule has 22 heavy (non-hydrogen) atoms. The van der Waals surface area contributed by atoms with E-state index in [0.717, 1.165) is 17.8 Å². The molecule has 2 aromatic rings. The van der Waals surface area contributed by atoms with E-state index in [4.69, 9.17) is 11.6 Å². The van der Waals surface area contributed by atoms with E-state index >= 15 is 0 Å². The van der Waals surface area contributed by atoms with E-state index in [0.29, 0.717) is 11.0 Å². The fraction of sp³-hybridized carbons (Fsp3) is 0.400. The van der Waals surface area contributed by atoms with Crippen LogP contribution in [0.2, 0.25) is 5.02 Å². The lowest BCUT2D eigenvalue weighted by Crippen LogP contribution is -2.14. The van der Waals surface area contributed by atoms with Crippen LogP contribution in [0.5, 0.6) is 0 Å². The van der Waals surface area contributed by atoms with E-state index in [1.165, 1.54) is 48.8 Å². The molecule has 1 amide bonds. The van der Waals surface area contributed by atoms with Crippen molar-refractivity contribution in [3.05, 3.63) is 39.6 Å². The summed E-state index contributed by atoms with van der Waals surface area (Å²) in [7, 11) is 0. The lowest BCUT2D eigenvalue weighted by Gasteiger charge is -2.18. The maximum Gasteiger partial charge on any atom is 0.261 e. The molecule has 0 bridgehead atoms. The highest BCUT2D eigenvalue weighted by molar-refractivity contribution is 7.15. The molecule has 1 heterocycles. The molecule has 116 valence electrons. The summed E-state index contributed by atoms with van der Waals surface area (Å²) in [5.41, 5.74) is -0.168. The second kappa shape index (κ2) is 6.71. The Morgan fingerprint density at radius 2 is 2.05 bits per heavy atom. The maximum atomic E-state index is 13.7. The number of nitrogens with zero attached hydrogens (tertiary/aromatic N) is 2. The van der Waals surface area contributed by atoms with Gasteiger partial charge in [-0.2, -0.15) is 0 Å². The molecule has 7 heteroatoms. The first-order valence-corrected chi connectivity index (χ1v) is 8.43. The summed E-state index contributed by atoms with van der Waals surface area (Å²) in [4.78, 5) is 12.1. The molecule has 1 fully saturated rings. The highest BCUT2D eigenvalue weighted by Gasteiger charge is 2.21. The zero-order chi connectivity index (χ0) is 15.5. The van der Waals surface area contributed by atoms with Gasteiger partial charge in [0.2, 0.25) is 5.13 Å². The summed E-state index contributed by atoms with van der Waals surface area (Å²) >= 11 is 7.24. The molecule has 0 saturated heterocycles. The summed E-state index contributed by atoms with van der Waals surface area (Å²) in [6.45, 7) is 0. The standard InChI is InChI=1S/C15H15ClFN3OS/c16-10-7-4-8-11(17)12(10)13(21)18-15-20-19-14(22-15)9-5-2-1-3-6-9/h4,7-9H,1-3,5-6H2,(H,18,20,21). The van der Waals surface area contributed by atoms with Crippen LogP contribution in [0, 0.1) is 5.82 Å². The molecule has 1 aliphatic carbocycles. The minimum atomic E-state index is -0.651. The van der Waals surface area contributed by atoms with Gasteiger partial charge >= 0.3 is 0 Å². The van der Waals surface area contributed by atoms with Crippen molar-refractivity contribution in [3.63, 3.8) is 0 Å². The first kappa shape index (κ1) is 15.4. The van der Waals surface area contributed by atoms with Crippen molar-refractivity contribution < 1.29 is 9.18 Å². The summed E-state index contributed by atoms with van der Waals surface area (Å²) in [6, 6.07) is 4.14. The van der Waals surface area contributed by atoms with Gasteiger partial charge < -0.3 is 0 Å². The summed E-state index contributed by atoms with van der Waals surface area (Å²) in [5.74, 6) is -0.828. The summed E-state index contributed by atoms with van der Waals surface area (Å²) < 4.78 is 13.7. The van der Waals surface area contributed by atoms with Gasteiger partial charge in [-0.15, -0.1) is 10.2 Å². The second-order valence-electron chi connectivity index (χ2n) is 5.33. The summed E-state index contributed by atoms with van der Waals surface area (Å²) in [5, 5.41) is 12.1. The monoisotopic (exact) mass is 339 g/mol. The zero-order valence-electron chi connectivity index (χ0n) is 11.8. The van der Waals surface area contributed by atoms with Crippen molar-refractivity contribution >= 4 is 34.0 Å². The normalized spacial score (nSPS) is 15.7. The highest BCUT2D eigenvalue weighted by atomic mass is 35.5. The van der Waals surface area contributed by atoms with Crippen molar-refractivity contribution in [2.24, 2.45) is 0 Å². The number of amides is 1. The van der Waals surface area contributed by atoms with Gasteiger partial charge in [0.1, 0.15) is 10.8 Å². The van der Waals surface area contributed by atoms with Gasteiger partial charge in [0.25, 0.3) is 5.91 Å². The predicted molar refractivity (Wildman–Crippen MR) is 85.1 cm³/mol. The third kappa shape index (κ3) is 3.28. The molecule has 0 spiro atoms. The fourth-order valence-corrected chi connectivity index (χ4v) is 3.83. The van der Waals surface area contributed by atoms with E-state index in [9.17, 15) is 9.18 Å². The number of hydrogen-bond acceptors (Lipinski definition) is 4. The number of hydrogen-bond donors (Lipinski definition) is 1. The maximum absolute atomic E-state index is 13.7. The van der Waals surface area contributed by atoms with Gasteiger partial charge in [-0.3, -0.25) is 10.1 Å². The zero-order valence-corrected chi connectivity index (χ0v) is 13.4. The van der Waals surface area contributed by atoms with Gasteiger partial charge in [0.15, 0.2) is 0 Å². The van der Waals surface area contributed by atoms with Gasteiger partial charge in [-0.1, -0.05) is 48.3 Å². The van der Waals surface area contributed by atoms with Crippen molar-refractivity contribution in [1.82, 2.24) is 10.2 Å². The molecular formula is C15H15ClFN3OS. The Morgan fingerprint density at radius 1 is 1.27 bits per heavy atom. The van der Waals surface area contributed by atoms with E-state index in [1.54, 1.807) is 0 Å². The number of carbonyl (C=O) groups excluding carboxylic acids is 1. The molecule has 0 unspecified atom stereocenters. The van der Waals surface area contributed by atoms with Crippen LogP contribution in [-0.4, -0.2) is 16.1 Å². The molecule has 1 aromatic carbocycles. The number of anilines is 1. The molecular weight excluding hydrogens is 325 g/mol. The number of benzene rings is 1. The number of carbonyl (C=O) groups is 1. The summed E-state index contributed by atoms with van der Waals surface area (Å²) in [6.07, 6.45) is 5.90. The number of halogens is 2. The quantitative estimate of drug-likeness (QED) is 0.886. The average Bonchev–Trinajstić information content (AvgIpc) is 2.96. The van der Waals surface area contributed by atoms with Crippen molar-refractivity contribution in [2.45, 2.75) is 38.0 Å². The predicted octanol–water partition coefficient (Wildman–Crippen LogP) is 4.63. The van der Waals surface area contributed by atoms with E-state index in [1.807, 2.05) is 0 Å². The van der Waals surface area contributed by atoms with Crippen molar-refractivity contribution in [3.8, 4) is 0 Å². The largest absolute Gasteiger partial charge is 0.296 e. The van der Waals surface area contributed by atoms with E-state index < -0.39 is 11.7 Å². The lowest BCUT2D eigenvalue weighted by molar-refractivity contribution is 0.102. The second-order valence-corrected chi connectivity index (χ2v) is 6.75. The van der Waals surface area contributed by atoms with Crippen LogP contribution < -0.4 is 5.32 Å². The van der Waals surface area contributed by atoms with Gasteiger partial charge in [-0.05, 0) is 25.0 Å². The third-order valence-electron chi connectivity index (χ3n) is 3.81. The van der Waals surface area contributed by atoms with Crippen LogP contribution >= 0.6 is 22.9 Å². The van der Waals surface area contributed by atoms with Crippen molar-refractivity contribution in [1.29, 1.82) is 0 Å². The Balaban J connectivity index is 1.73. The number of rotatable bonds is 3. The number of aromatic nitrogens is 2. The Morgan fingerprint density at radius 3 is 2.77 bits per heavy atom. The third-order valence-corrected chi connectivity index (χ3v) is 5.12. The highest BCUT2D eigenvalue weighted by Crippen LogP contribution is 2.35. The van der Waals surface area contributed by atoms with Gasteiger partial charge in [-0.25, -0.2) is 4.39 Å². The molecule has 4 nitrogen and oxygen atoms in total. The molecule has 1 aromatic heterocycles. The minimum absolute atomic E-state index is 0.0783. The molecule has 0 atom stereocenters. The van der Waals surface area contributed by atoms with Gasteiger partial charge in [0.05, 0.1) is 10.6 Å². The first-order chi connectivity index (χ1) is 10.6. The Hall–Kier alpha value is -1.53. The van der Waals surface area contributed by atoms with Gasteiger partial charge in [0, 0.05) is 5.92 Å². The average molecular weight is 340 g/mol. The molecule has 1 N–H and O–H groups in total. The smallest absolute Gasteiger partial charge is 0.261 e. The van der Waals surface area contributed by atoms with Crippen LogP contribution in [0.1, 0.15) is 53.4 Å². The van der Waals surface area contributed by atoms with Crippen molar-refractivity contribution in [2.75, 3.05) is 5.32 Å². The van der Waals surface area contributed by atoms with Crippen LogP contribution in [0.4, 0.5) is 9.52 Å². The first-order valence-electron chi connectivity index (χ1n) is 7.24. The van der Waals surface area contributed by atoms with Crippen LogP contribution in [0.15, 0.2) is 18.2 Å². The van der Waals surface area contributed by atoms with Crippen LogP contribution in [0.25, 0.3) is 0 Å². The molecule has 0 radical (unpaired) electrons.